The number of hydrogen-bond donors (Lipinski definition) is 2. The molecule has 1 heterocycles. The summed E-state index contributed by atoms with van der Waals surface area (Å²) < 4.78 is 18.4. The van der Waals surface area contributed by atoms with Gasteiger partial charge in [0.15, 0.2) is 5.11 Å². The zero-order valence-corrected chi connectivity index (χ0v) is 11.7. The molecule has 0 saturated carbocycles. The maximum Gasteiger partial charge on any atom is 0.186 e. The molecule has 2 rings (SSSR count). The Kier molecular flexibility index (Phi) is 4.84. The monoisotopic (exact) mass is 291 g/mol. The van der Waals surface area contributed by atoms with Crippen molar-refractivity contribution < 1.29 is 8.81 Å². The lowest BCUT2D eigenvalue weighted by molar-refractivity contribution is 0.574. The summed E-state index contributed by atoms with van der Waals surface area (Å²) in [6.45, 7) is 2.68. The molecule has 6 heteroatoms. The molecule has 0 bridgehead atoms. The van der Waals surface area contributed by atoms with Gasteiger partial charge in [0.2, 0.25) is 0 Å². The maximum atomic E-state index is 12.8. The van der Waals surface area contributed by atoms with Crippen molar-refractivity contribution in [2.45, 2.75) is 6.92 Å². The van der Waals surface area contributed by atoms with Crippen LogP contribution in [-0.4, -0.2) is 17.9 Å². The van der Waals surface area contributed by atoms with E-state index in [1.54, 1.807) is 24.3 Å². The number of hydrazone groups is 1. The van der Waals surface area contributed by atoms with E-state index in [0.717, 1.165) is 12.1 Å². The second kappa shape index (κ2) is 6.81. The van der Waals surface area contributed by atoms with Gasteiger partial charge in [0.1, 0.15) is 17.3 Å². The van der Waals surface area contributed by atoms with Crippen LogP contribution in [0.2, 0.25) is 0 Å². The van der Waals surface area contributed by atoms with Crippen molar-refractivity contribution in [3.8, 4) is 11.3 Å². The predicted molar refractivity (Wildman–Crippen MR) is 81.1 cm³/mol. The summed E-state index contributed by atoms with van der Waals surface area (Å²) in [7, 11) is 0. The van der Waals surface area contributed by atoms with Gasteiger partial charge in [-0.15, -0.1) is 0 Å². The van der Waals surface area contributed by atoms with E-state index in [0.29, 0.717) is 16.6 Å². The minimum absolute atomic E-state index is 0.275. The van der Waals surface area contributed by atoms with Crippen LogP contribution in [-0.2, 0) is 0 Å². The van der Waals surface area contributed by atoms with Crippen LogP contribution in [0.4, 0.5) is 4.39 Å². The van der Waals surface area contributed by atoms with Crippen molar-refractivity contribution in [1.82, 2.24) is 10.7 Å². The smallest absolute Gasteiger partial charge is 0.186 e. The normalized spacial score (nSPS) is 10.7. The van der Waals surface area contributed by atoms with E-state index in [1.165, 1.54) is 18.3 Å². The molecule has 20 heavy (non-hydrogen) atoms. The van der Waals surface area contributed by atoms with E-state index in [4.69, 9.17) is 16.6 Å². The van der Waals surface area contributed by atoms with E-state index in [1.807, 2.05) is 6.92 Å². The van der Waals surface area contributed by atoms with Gasteiger partial charge in [-0.05, 0) is 55.5 Å². The molecule has 0 unspecified atom stereocenters. The molecule has 0 amide bonds. The summed E-state index contributed by atoms with van der Waals surface area (Å²) in [5, 5.41) is 7.31. The SMILES string of the molecule is CCNC(=S)N/N=C\c1ccc(-c2ccc(F)cc2)o1. The quantitative estimate of drug-likeness (QED) is 0.516. The predicted octanol–water partition coefficient (Wildman–Crippen LogP) is 2.90. The summed E-state index contributed by atoms with van der Waals surface area (Å²) >= 11 is 4.96. The van der Waals surface area contributed by atoms with Crippen LogP contribution < -0.4 is 10.7 Å². The third kappa shape index (κ3) is 3.89. The fraction of sp³-hybridized carbons (Fsp3) is 0.143. The van der Waals surface area contributed by atoms with E-state index in [9.17, 15) is 4.39 Å². The van der Waals surface area contributed by atoms with Crippen molar-refractivity contribution in [2.75, 3.05) is 6.54 Å². The van der Waals surface area contributed by atoms with Crippen LogP contribution in [0.1, 0.15) is 12.7 Å². The highest BCUT2D eigenvalue weighted by Gasteiger charge is 2.03. The average Bonchev–Trinajstić information content (AvgIpc) is 2.89. The number of nitrogens with one attached hydrogen (secondary N) is 2. The average molecular weight is 291 g/mol. The fourth-order valence-electron chi connectivity index (χ4n) is 1.55. The zero-order chi connectivity index (χ0) is 14.4. The minimum Gasteiger partial charge on any atom is -0.455 e. The third-order valence-corrected chi connectivity index (χ3v) is 2.69. The topological polar surface area (TPSA) is 49.6 Å². The molecule has 0 saturated heterocycles. The Bertz CT molecular complexity index is 607. The number of hydrogen-bond acceptors (Lipinski definition) is 3. The van der Waals surface area contributed by atoms with Gasteiger partial charge in [-0.1, -0.05) is 0 Å². The van der Waals surface area contributed by atoms with Crippen molar-refractivity contribution in [3.63, 3.8) is 0 Å². The van der Waals surface area contributed by atoms with Gasteiger partial charge in [-0.25, -0.2) is 4.39 Å². The van der Waals surface area contributed by atoms with Crippen molar-refractivity contribution in [1.29, 1.82) is 0 Å². The molecular weight excluding hydrogens is 277 g/mol. The van der Waals surface area contributed by atoms with Crippen LogP contribution in [0.3, 0.4) is 0 Å². The number of nitrogens with zero attached hydrogens (tertiary/aromatic N) is 1. The highest BCUT2D eigenvalue weighted by atomic mass is 32.1. The first-order valence-corrected chi connectivity index (χ1v) is 6.52. The Morgan fingerprint density at radius 3 is 2.75 bits per heavy atom. The van der Waals surface area contributed by atoms with E-state index in [-0.39, 0.29) is 5.82 Å². The molecule has 2 aromatic rings. The Labute approximate surface area is 121 Å². The Hall–Kier alpha value is -2.21. The second-order valence-corrected chi connectivity index (χ2v) is 4.35. The Balaban J connectivity index is 2.00. The van der Waals surface area contributed by atoms with Gasteiger partial charge in [0.05, 0.1) is 6.21 Å². The highest BCUT2D eigenvalue weighted by molar-refractivity contribution is 7.80. The van der Waals surface area contributed by atoms with Crippen LogP contribution in [0.15, 0.2) is 45.9 Å². The number of rotatable bonds is 4. The third-order valence-electron chi connectivity index (χ3n) is 2.45. The van der Waals surface area contributed by atoms with Crippen LogP contribution in [0.5, 0.6) is 0 Å². The van der Waals surface area contributed by atoms with Gasteiger partial charge >= 0.3 is 0 Å². The first-order chi connectivity index (χ1) is 9.69. The van der Waals surface area contributed by atoms with Crippen LogP contribution >= 0.6 is 12.2 Å². The molecule has 0 aliphatic heterocycles. The molecule has 4 nitrogen and oxygen atoms in total. The lowest BCUT2D eigenvalue weighted by Gasteiger charge is -2.01. The molecule has 0 radical (unpaired) electrons. The molecule has 1 aromatic carbocycles. The van der Waals surface area contributed by atoms with E-state index < -0.39 is 0 Å². The first-order valence-electron chi connectivity index (χ1n) is 6.11. The summed E-state index contributed by atoms with van der Waals surface area (Å²) in [6, 6.07) is 9.68. The Morgan fingerprint density at radius 1 is 1.30 bits per heavy atom. The van der Waals surface area contributed by atoms with E-state index in [2.05, 4.69) is 15.8 Å². The molecule has 0 aliphatic carbocycles. The zero-order valence-electron chi connectivity index (χ0n) is 10.9. The summed E-state index contributed by atoms with van der Waals surface area (Å²) in [4.78, 5) is 0. The number of thiocarbonyl (C=S) groups is 1. The van der Waals surface area contributed by atoms with Gasteiger partial charge in [0.25, 0.3) is 0 Å². The largest absolute Gasteiger partial charge is 0.455 e. The first kappa shape index (κ1) is 14.2. The van der Waals surface area contributed by atoms with Crippen molar-refractivity contribution in [2.24, 2.45) is 5.10 Å². The van der Waals surface area contributed by atoms with E-state index >= 15 is 0 Å². The molecule has 0 aliphatic rings. The molecule has 104 valence electrons. The molecule has 0 atom stereocenters. The highest BCUT2D eigenvalue weighted by Crippen LogP contribution is 2.21. The summed E-state index contributed by atoms with van der Waals surface area (Å²) in [5.74, 6) is 0.958. The van der Waals surface area contributed by atoms with Crippen molar-refractivity contribution in [3.05, 3.63) is 48.0 Å². The summed E-state index contributed by atoms with van der Waals surface area (Å²) in [6.07, 6.45) is 1.52. The number of benzene rings is 1. The molecular formula is C14H14FN3OS. The number of furan rings is 1. The van der Waals surface area contributed by atoms with Gasteiger partial charge < -0.3 is 9.73 Å². The Morgan fingerprint density at radius 2 is 2.05 bits per heavy atom. The van der Waals surface area contributed by atoms with Gasteiger partial charge in [-0.3, -0.25) is 5.43 Å². The molecule has 0 spiro atoms. The fourth-order valence-corrected chi connectivity index (χ4v) is 1.74. The second-order valence-electron chi connectivity index (χ2n) is 3.94. The van der Waals surface area contributed by atoms with Crippen LogP contribution in [0.25, 0.3) is 11.3 Å². The lowest BCUT2D eigenvalue weighted by Crippen LogP contribution is -2.31. The van der Waals surface area contributed by atoms with Gasteiger partial charge in [0, 0.05) is 12.1 Å². The molecule has 0 fully saturated rings. The van der Waals surface area contributed by atoms with Crippen LogP contribution in [0, 0.1) is 5.82 Å². The minimum atomic E-state index is -0.275. The van der Waals surface area contributed by atoms with Gasteiger partial charge in [-0.2, -0.15) is 5.10 Å². The lowest BCUT2D eigenvalue weighted by atomic mass is 10.2. The standard InChI is InChI=1S/C14H14FN3OS/c1-2-16-14(20)18-17-9-12-7-8-13(19-12)10-3-5-11(15)6-4-10/h3-9H,2H2,1H3,(H2,16,18,20)/b17-9-. The van der Waals surface area contributed by atoms with Crippen molar-refractivity contribution >= 4 is 23.5 Å². The molecule has 1 aromatic heterocycles. The number of halogens is 1. The maximum absolute atomic E-state index is 12.8. The summed E-state index contributed by atoms with van der Waals surface area (Å²) in [5.41, 5.74) is 3.48. The molecule has 2 N–H and O–H groups in total.